The molecule has 1 aromatic rings. The Balaban J connectivity index is 2.08. The molecule has 1 aliphatic rings. The van der Waals surface area contributed by atoms with Gasteiger partial charge in [0.15, 0.2) is 0 Å². The average molecular weight is 329 g/mol. The van der Waals surface area contributed by atoms with Gasteiger partial charge in [0.2, 0.25) is 0 Å². The van der Waals surface area contributed by atoms with Gasteiger partial charge in [-0.15, -0.1) is 0 Å². The Morgan fingerprint density at radius 3 is 2.79 bits per heavy atom. The van der Waals surface area contributed by atoms with E-state index < -0.39 is 11.7 Å². The molecule has 0 bridgehead atoms. The number of benzene rings is 1. The lowest BCUT2D eigenvalue weighted by atomic mass is 9.84. The van der Waals surface area contributed by atoms with Crippen LogP contribution in [0.3, 0.4) is 0 Å². The van der Waals surface area contributed by atoms with E-state index in [0.717, 1.165) is 22.9 Å². The highest BCUT2D eigenvalue weighted by atomic mass is 79.9. The smallest absolute Gasteiger partial charge is 0.0987 e. The first kappa shape index (κ1) is 15.0. The molecule has 0 radical (unpaired) electrons. The molecule has 0 aromatic heterocycles. The SMILES string of the molecule is CCOC1(C(O)Cc2cccc(Br)c2)CCOCC1. The second-order valence-electron chi connectivity index (χ2n) is 4.96. The van der Waals surface area contributed by atoms with Gasteiger partial charge in [-0.25, -0.2) is 0 Å². The van der Waals surface area contributed by atoms with Crippen LogP contribution in [0.4, 0.5) is 0 Å². The summed E-state index contributed by atoms with van der Waals surface area (Å²) < 4.78 is 12.3. The zero-order chi connectivity index (χ0) is 13.7. The molecule has 1 atom stereocenters. The van der Waals surface area contributed by atoms with Crippen molar-refractivity contribution < 1.29 is 14.6 Å². The minimum absolute atomic E-state index is 0.449. The molecule has 1 aromatic carbocycles. The average Bonchev–Trinajstić information content (AvgIpc) is 2.40. The zero-order valence-electron chi connectivity index (χ0n) is 11.3. The Bertz CT molecular complexity index is 397. The number of aliphatic hydroxyl groups excluding tert-OH is 1. The van der Waals surface area contributed by atoms with E-state index in [2.05, 4.69) is 15.9 Å². The fraction of sp³-hybridized carbons (Fsp3) is 0.600. The van der Waals surface area contributed by atoms with Crippen molar-refractivity contribution in [3.05, 3.63) is 34.3 Å². The van der Waals surface area contributed by atoms with E-state index >= 15 is 0 Å². The monoisotopic (exact) mass is 328 g/mol. The van der Waals surface area contributed by atoms with Crippen LogP contribution < -0.4 is 0 Å². The lowest BCUT2D eigenvalue weighted by Crippen LogP contribution is -2.50. The molecule has 106 valence electrons. The van der Waals surface area contributed by atoms with Gasteiger partial charge in [0.25, 0.3) is 0 Å². The predicted molar refractivity (Wildman–Crippen MR) is 78.3 cm³/mol. The van der Waals surface area contributed by atoms with Crippen molar-refractivity contribution in [3.63, 3.8) is 0 Å². The van der Waals surface area contributed by atoms with Crippen molar-refractivity contribution in [1.29, 1.82) is 0 Å². The minimum Gasteiger partial charge on any atom is -0.390 e. The van der Waals surface area contributed by atoms with Gasteiger partial charge in [0.1, 0.15) is 0 Å². The van der Waals surface area contributed by atoms with Gasteiger partial charge >= 0.3 is 0 Å². The Morgan fingerprint density at radius 2 is 2.16 bits per heavy atom. The maximum Gasteiger partial charge on any atom is 0.0987 e. The van der Waals surface area contributed by atoms with Crippen LogP contribution in [0.5, 0.6) is 0 Å². The van der Waals surface area contributed by atoms with E-state index in [1.807, 2.05) is 31.2 Å². The van der Waals surface area contributed by atoms with Crippen molar-refractivity contribution in [1.82, 2.24) is 0 Å². The first-order chi connectivity index (χ1) is 9.16. The van der Waals surface area contributed by atoms with Crippen LogP contribution in [0.15, 0.2) is 28.7 Å². The van der Waals surface area contributed by atoms with Crippen LogP contribution in [0.2, 0.25) is 0 Å². The molecule has 1 heterocycles. The lowest BCUT2D eigenvalue weighted by Gasteiger charge is -2.40. The van der Waals surface area contributed by atoms with E-state index in [1.165, 1.54) is 0 Å². The van der Waals surface area contributed by atoms with Gasteiger partial charge in [0, 0.05) is 43.6 Å². The third-order valence-corrected chi connectivity index (χ3v) is 4.19. The molecule has 1 unspecified atom stereocenters. The summed E-state index contributed by atoms with van der Waals surface area (Å²) >= 11 is 3.46. The maximum absolute atomic E-state index is 10.6. The molecule has 1 saturated heterocycles. The normalized spacial score (nSPS) is 20.2. The molecule has 0 spiro atoms. The molecule has 19 heavy (non-hydrogen) atoms. The quantitative estimate of drug-likeness (QED) is 0.903. The Morgan fingerprint density at radius 1 is 1.42 bits per heavy atom. The number of aliphatic hydroxyl groups is 1. The number of hydrogen-bond acceptors (Lipinski definition) is 3. The zero-order valence-corrected chi connectivity index (χ0v) is 12.9. The molecule has 0 aliphatic carbocycles. The van der Waals surface area contributed by atoms with Crippen LogP contribution in [0, 0.1) is 0 Å². The Kier molecular flexibility index (Phi) is 5.39. The first-order valence-corrected chi connectivity index (χ1v) is 7.60. The standard InChI is InChI=1S/C15H21BrO3/c1-2-19-15(6-8-18-9-7-15)14(17)11-12-4-3-5-13(16)10-12/h3-5,10,14,17H,2,6-9,11H2,1H3. The second kappa shape index (κ2) is 6.84. The van der Waals surface area contributed by atoms with E-state index in [4.69, 9.17) is 9.47 Å². The van der Waals surface area contributed by atoms with Gasteiger partial charge in [-0.1, -0.05) is 28.1 Å². The topological polar surface area (TPSA) is 38.7 Å². The fourth-order valence-corrected chi connectivity index (χ4v) is 3.10. The van der Waals surface area contributed by atoms with Crippen LogP contribution in [-0.4, -0.2) is 36.6 Å². The molecular formula is C15H21BrO3. The van der Waals surface area contributed by atoms with E-state index in [1.54, 1.807) is 0 Å². The highest BCUT2D eigenvalue weighted by molar-refractivity contribution is 9.10. The van der Waals surface area contributed by atoms with Gasteiger partial charge in [0.05, 0.1) is 11.7 Å². The number of rotatable bonds is 5. The van der Waals surface area contributed by atoms with Crippen LogP contribution in [-0.2, 0) is 15.9 Å². The summed E-state index contributed by atoms with van der Waals surface area (Å²) in [6.07, 6.45) is 1.64. The Labute approximate surface area is 123 Å². The van der Waals surface area contributed by atoms with Gasteiger partial charge < -0.3 is 14.6 Å². The third-order valence-electron chi connectivity index (χ3n) is 3.70. The first-order valence-electron chi connectivity index (χ1n) is 6.80. The van der Waals surface area contributed by atoms with E-state index in [0.29, 0.717) is 26.2 Å². The van der Waals surface area contributed by atoms with Crippen LogP contribution in [0.1, 0.15) is 25.3 Å². The molecule has 0 saturated carbocycles. The summed E-state index contributed by atoms with van der Waals surface area (Å²) in [5, 5.41) is 10.6. The number of hydrogen-bond donors (Lipinski definition) is 1. The molecule has 0 amide bonds. The summed E-state index contributed by atoms with van der Waals surface area (Å²) in [6, 6.07) is 8.06. The van der Waals surface area contributed by atoms with Crippen molar-refractivity contribution >= 4 is 15.9 Å². The predicted octanol–water partition coefficient (Wildman–Crippen LogP) is 2.94. The van der Waals surface area contributed by atoms with E-state index in [-0.39, 0.29) is 0 Å². The molecule has 4 heteroatoms. The molecule has 1 N–H and O–H groups in total. The number of halogens is 1. The molecular weight excluding hydrogens is 308 g/mol. The summed E-state index contributed by atoms with van der Waals surface area (Å²) in [7, 11) is 0. The highest BCUT2D eigenvalue weighted by Crippen LogP contribution is 2.31. The third kappa shape index (κ3) is 3.78. The van der Waals surface area contributed by atoms with Crippen molar-refractivity contribution in [3.8, 4) is 0 Å². The van der Waals surface area contributed by atoms with E-state index in [9.17, 15) is 5.11 Å². The molecule has 1 aliphatic heterocycles. The van der Waals surface area contributed by atoms with Crippen molar-refractivity contribution in [2.45, 2.75) is 37.9 Å². The Hall–Kier alpha value is -0.420. The minimum atomic E-state index is -0.495. The van der Waals surface area contributed by atoms with Gasteiger partial charge in [-0.3, -0.25) is 0 Å². The van der Waals surface area contributed by atoms with Gasteiger partial charge in [-0.05, 0) is 24.6 Å². The van der Waals surface area contributed by atoms with Crippen molar-refractivity contribution in [2.75, 3.05) is 19.8 Å². The second-order valence-corrected chi connectivity index (χ2v) is 5.88. The summed E-state index contributed by atoms with van der Waals surface area (Å²) in [5.74, 6) is 0. The van der Waals surface area contributed by atoms with Crippen LogP contribution in [0.25, 0.3) is 0 Å². The lowest BCUT2D eigenvalue weighted by molar-refractivity contribution is -0.165. The number of ether oxygens (including phenoxy) is 2. The summed E-state index contributed by atoms with van der Waals surface area (Å²) in [4.78, 5) is 0. The van der Waals surface area contributed by atoms with Crippen molar-refractivity contribution in [2.24, 2.45) is 0 Å². The summed E-state index contributed by atoms with van der Waals surface area (Å²) in [5.41, 5.74) is 0.669. The fourth-order valence-electron chi connectivity index (χ4n) is 2.65. The largest absolute Gasteiger partial charge is 0.390 e. The maximum atomic E-state index is 10.6. The molecule has 2 rings (SSSR count). The molecule has 3 nitrogen and oxygen atoms in total. The highest BCUT2D eigenvalue weighted by Gasteiger charge is 2.40. The molecule has 1 fully saturated rings. The summed E-state index contributed by atoms with van der Waals surface area (Å²) in [6.45, 7) is 3.92. The van der Waals surface area contributed by atoms with Gasteiger partial charge in [-0.2, -0.15) is 0 Å². The van der Waals surface area contributed by atoms with Crippen LogP contribution >= 0.6 is 15.9 Å².